The van der Waals surface area contributed by atoms with E-state index in [4.69, 9.17) is 11.6 Å². The molecule has 5 nitrogen and oxygen atoms in total. The lowest BCUT2D eigenvalue weighted by Gasteiger charge is -2.26. The summed E-state index contributed by atoms with van der Waals surface area (Å²) in [7, 11) is 1.61. The van der Waals surface area contributed by atoms with E-state index >= 15 is 0 Å². The predicted molar refractivity (Wildman–Crippen MR) is 104 cm³/mol. The summed E-state index contributed by atoms with van der Waals surface area (Å²) in [4.78, 5) is 28.9. The highest BCUT2D eigenvalue weighted by atomic mass is 35.5. The summed E-state index contributed by atoms with van der Waals surface area (Å²) in [6.07, 6.45) is 0.520. The molecule has 2 N–H and O–H groups in total. The molecule has 0 aliphatic carbocycles. The van der Waals surface area contributed by atoms with E-state index in [9.17, 15) is 9.59 Å². The Morgan fingerprint density at radius 3 is 2.54 bits per heavy atom. The van der Waals surface area contributed by atoms with Crippen LogP contribution in [-0.4, -0.2) is 29.9 Å². The van der Waals surface area contributed by atoms with E-state index in [-0.39, 0.29) is 17.9 Å². The van der Waals surface area contributed by atoms with Crippen LogP contribution in [0, 0.1) is 5.41 Å². The van der Waals surface area contributed by atoms with Gasteiger partial charge >= 0.3 is 0 Å². The molecular weight excluding hydrogens is 350 g/mol. The molecular formula is C20H24ClN3O2. The van der Waals surface area contributed by atoms with Gasteiger partial charge in [0.05, 0.1) is 5.69 Å². The van der Waals surface area contributed by atoms with Gasteiger partial charge in [-0.15, -0.1) is 0 Å². The van der Waals surface area contributed by atoms with Gasteiger partial charge in [-0.3, -0.25) is 9.59 Å². The van der Waals surface area contributed by atoms with Crippen molar-refractivity contribution >= 4 is 23.4 Å². The highest BCUT2D eigenvalue weighted by molar-refractivity contribution is 6.30. The molecule has 1 heterocycles. The van der Waals surface area contributed by atoms with Crippen LogP contribution in [0.1, 0.15) is 37.7 Å². The summed E-state index contributed by atoms with van der Waals surface area (Å²) in [5, 5.41) is 6.18. The molecule has 0 saturated carbocycles. The van der Waals surface area contributed by atoms with Crippen molar-refractivity contribution in [3.63, 3.8) is 0 Å². The molecule has 138 valence electrons. The Balaban J connectivity index is 2.10. The van der Waals surface area contributed by atoms with Crippen LogP contribution in [-0.2, 0) is 4.79 Å². The standard InChI is InChI=1S/C20H24ClN3O2/c1-13(12-20(2,3)19(26)22-4)23-18(25)17-10-6-9-16(24-17)14-7-5-8-15(21)11-14/h5-11,13H,12H2,1-4H3,(H,22,26)(H,23,25). The first-order valence-electron chi connectivity index (χ1n) is 8.49. The van der Waals surface area contributed by atoms with Crippen LogP contribution in [0.5, 0.6) is 0 Å². The molecule has 2 amide bonds. The highest BCUT2D eigenvalue weighted by Crippen LogP contribution is 2.23. The van der Waals surface area contributed by atoms with E-state index in [1.165, 1.54) is 0 Å². The van der Waals surface area contributed by atoms with Gasteiger partial charge in [-0.2, -0.15) is 0 Å². The number of hydrogen-bond donors (Lipinski definition) is 2. The minimum Gasteiger partial charge on any atom is -0.359 e. The smallest absolute Gasteiger partial charge is 0.270 e. The van der Waals surface area contributed by atoms with Crippen LogP contribution in [0.2, 0.25) is 5.02 Å². The monoisotopic (exact) mass is 373 g/mol. The quantitative estimate of drug-likeness (QED) is 0.811. The fraction of sp³-hybridized carbons (Fsp3) is 0.350. The number of benzene rings is 1. The van der Waals surface area contributed by atoms with Gasteiger partial charge in [0, 0.05) is 29.1 Å². The third-order valence-corrected chi connectivity index (χ3v) is 4.37. The maximum atomic E-state index is 12.5. The van der Waals surface area contributed by atoms with Crippen molar-refractivity contribution in [2.75, 3.05) is 7.05 Å². The molecule has 1 atom stereocenters. The van der Waals surface area contributed by atoms with Crippen molar-refractivity contribution in [2.45, 2.75) is 33.2 Å². The van der Waals surface area contributed by atoms with Gasteiger partial charge < -0.3 is 10.6 Å². The predicted octanol–water partition coefficient (Wildman–Crippen LogP) is 3.68. The van der Waals surface area contributed by atoms with Gasteiger partial charge in [-0.25, -0.2) is 4.98 Å². The number of halogens is 1. The summed E-state index contributed by atoms with van der Waals surface area (Å²) >= 11 is 6.03. The second-order valence-electron chi connectivity index (χ2n) is 6.96. The average Bonchev–Trinajstić information content (AvgIpc) is 2.60. The molecule has 26 heavy (non-hydrogen) atoms. The van der Waals surface area contributed by atoms with E-state index in [1.54, 1.807) is 31.3 Å². The largest absolute Gasteiger partial charge is 0.359 e. The fourth-order valence-corrected chi connectivity index (χ4v) is 3.11. The lowest BCUT2D eigenvalue weighted by molar-refractivity contribution is -0.129. The molecule has 0 spiro atoms. The summed E-state index contributed by atoms with van der Waals surface area (Å²) in [5.74, 6) is -0.325. The first-order valence-corrected chi connectivity index (χ1v) is 8.87. The van der Waals surface area contributed by atoms with Crippen LogP contribution < -0.4 is 10.6 Å². The van der Waals surface area contributed by atoms with E-state index in [0.29, 0.717) is 22.8 Å². The van der Waals surface area contributed by atoms with Gasteiger partial charge in [0.1, 0.15) is 5.69 Å². The molecule has 0 radical (unpaired) electrons. The summed E-state index contributed by atoms with van der Waals surface area (Å²) < 4.78 is 0. The lowest BCUT2D eigenvalue weighted by Crippen LogP contribution is -2.42. The highest BCUT2D eigenvalue weighted by Gasteiger charge is 2.29. The van der Waals surface area contributed by atoms with Gasteiger partial charge in [0.15, 0.2) is 0 Å². The molecule has 0 aliphatic rings. The van der Waals surface area contributed by atoms with Gasteiger partial charge in [0.25, 0.3) is 5.91 Å². The fourth-order valence-electron chi connectivity index (χ4n) is 2.92. The Bertz CT molecular complexity index is 805. The Kier molecular flexibility index (Phi) is 6.37. The Labute approximate surface area is 159 Å². The third-order valence-electron chi connectivity index (χ3n) is 4.14. The summed E-state index contributed by atoms with van der Waals surface area (Å²) in [5.41, 5.74) is 1.28. The molecule has 0 saturated heterocycles. The molecule has 0 aliphatic heterocycles. The maximum absolute atomic E-state index is 12.5. The van der Waals surface area contributed by atoms with Crippen molar-refractivity contribution in [3.05, 3.63) is 53.2 Å². The van der Waals surface area contributed by atoms with Gasteiger partial charge in [-0.05, 0) is 37.6 Å². The molecule has 2 aromatic rings. The van der Waals surface area contributed by atoms with Crippen LogP contribution >= 0.6 is 11.6 Å². The number of carbonyl (C=O) groups excluding carboxylic acids is 2. The minimum absolute atomic E-state index is 0.0559. The van der Waals surface area contributed by atoms with Crippen LogP contribution in [0.4, 0.5) is 0 Å². The van der Waals surface area contributed by atoms with E-state index in [0.717, 1.165) is 5.56 Å². The van der Waals surface area contributed by atoms with Gasteiger partial charge in [-0.1, -0.05) is 43.6 Å². The summed E-state index contributed by atoms with van der Waals surface area (Å²) in [6, 6.07) is 12.4. The normalized spacial score (nSPS) is 12.3. The first kappa shape index (κ1) is 19.9. The topological polar surface area (TPSA) is 71.1 Å². The molecule has 0 fully saturated rings. The van der Waals surface area contributed by atoms with Crippen LogP contribution in [0.25, 0.3) is 11.3 Å². The first-order chi connectivity index (χ1) is 12.2. The zero-order valence-electron chi connectivity index (χ0n) is 15.5. The van der Waals surface area contributed by atoms with E-state index in [2.05, 4.69) is 15.6 Å². The van der Waals surface area contributed by atoms with Crippen molar-refractivity contribution in [1.29, 1.82) is 0 Å². The van der Waals surface area contributed by atoms with E-state index in [1.807, 2.05) is 39.0 Å². The van der Waals surface area contributed by atoms with Crippen molar-refractivity contribution in [1.82, 2.24) is 15.6 Å². The number of hydrogen-bond acceptors (Lipinski definition) is 3. The number of pyridine rings is 1. The molecule has 1 aromatic carbocycles. The Hall–Kier alpha value is -2.40. The summed E-state index contributed by atoms with van der Waals surface area (Å²) in [6.45, 7) is 5.59. The molecule has 6 heteroatoms. The van der Waals surface area contributed by atoms with Crippen molar-refractivity contribution in [3.8, 4) is 11.3 Å². The van der Waals surface area contributed by atoms with Crippen molar-refractivity contribution < 1.29 is 9.59 Å². The van der Waals surface area contributed by atoms with Crippen molar-refractivity contribution in [2.24, 2.45) is 5.41 Å². The Morgan fingerprint density at radius 2 is 1.88 bits per heavy atom. The zero-order valence-corrected chi connectivity index (χ0v) is 16.2. The van der Waals surface area contributed by atoms with Gasteiger partial charge in [0.2, 0.25) is 5.91 Å². The number of nitrogens with zero attached hydrogens (tertiary/aromatic N) is 1. The minimum atomic E-state index is -0.572. The molecule has 0 bridgehead atoms. The number of carbonyl (C=O) groups is 2. The van der Waals surface area contributed by atoms with E-state index < -0.39 is 5.41 Å². The Morgan fingerprint density at radius 1 is 1.19 bits per heavy atom. The second-order valence-corrected chi connectivity index (χ2v) is 7.40. The maximum Gasteiger partial charge on any atom is 0.270 e. The number of nitrogens with one attached hydrogen (secondary N) is 2. The average molecular weight is 374 g/mol. The van der Waals surface area contributed by atoms with Crippen LogP contribution in [0.15, 0.2) is 42.5 Å². The number of aromatic nitrogens is 1. The molecule has 2 rings (SSSR count). The lowest BCUT2D eigenvalue weighted by atomic mass is 9.85. The second kappa shape index (κ2) is 8.32. The van der Waals surface area contributed by atoms with Crippen LogP contribution in [0.3, 0.4) is 0 Å². The number of amides is 2. The molecule has 1 unspecified atom stereocenters. The molecule has 1 aromatic heterocycles. The number of rotatable bonds is 6. The SMILES string of the molecule is CNC(=O)C(C)(C)CC(C)NC(=O)c1cccc(-c2cccc(Cl)c2)n1. The zero-order chi connectivity index (χ0) is 19.3. The third kappa shape index (κ3) is 5.05.